The number of pyridine rings is 1. The number of carbonyl (C=O) groups is 1. The lowest BCUT2D eigenvalue weighted by molar-refractivity contribution is 0.0752. The molecule has 0 radical (unpaired) electrons. The fourth-order valence-electron chi connectivity index (χ4n) is 4.45. The number of hydrogen-bond donors (Lipinski definition) is 2. The van der Waals surface area contributed by atoms with Crippen LogP contribution < -0.4 is 16.4 Å². The predicted molar refractivity (Wildman–Crippen MR) is 138 cm³/mol. The van der Waals surface area contributed by atoms with Gasteiger partial charge in [-0.15, -0.1) is 11.3 Å². The zero-order chi connectivity index (χ0) is 24.7. The standard InChI is InChI=1S/C26H23FN6OS/c1-15-6-8-16(9-7-15)20-17(14-28)24(30)31-25-21(20)22(29)23(35-25)26(34)33-12-10-32(11-13-33)19-5-3-2-4-18(19)27/h2-9H,10-13,29H2,1H3,(H2,30,31). The number of nitrogens with two attached hydrogens (primary N) is 2. The van der Waals surface area contributed by atoms with Crippen LogP contribution in [0.25, 0.3) is 21.3 Å². The molecule has 9 heteroatoms. The van der Waals surface area contributed by atoms with Gasteiger partial charge in [0.25, 0.3) is 5.91 Å². The predicted octanol–water partition coefficient (Wildman–Crippen LogP) is 4.41. The number of piperazine rings is 1. The Morgan fingerprint density at radius 3 is 2.43 bits per heavy atom. The van der Waals surface area contributed by atoms with Crippen LogP contribution in [0.3, 0.4) is 0 Å². The normalized spacial score (nSPS) is 13.7. The molecule has 35 heavy (non-hydrogen) atoms. The average molecular weight is 487 g/mol. The molecule has 0 spiro atoms. The van der Waals surface area contributed by atoms with Crippen LogP contribution in [0.1, 0.15) is 20.8 Å². The van der Waals surface area contributed by atoms with Gasteiger partial charge in [-0.1, -0.05) is 42.0 Å². The smallest absolute Gasteiger partial charge is 0.266 e. The summed E-state index contributed by atoms with van der Waals surface area (Å²) in [5.41, 5.74) is 16.2. The van der Waals surface area contributed by atoms with Crippen LogP contribution in [0.5, 0.6) is 0 Å². The summed E-state index contributed by atoms with van der Waals surface area (Å²) in [5, 5.41) is 10.4. The first kappa shape index (κ1) is 22.6. The zero-order valence-electron chi connectivity index (χ0n) is 19.1. The van der Waals surface area contributed by atoms with Gasteiger partial charge in [0.2, 0.25) is 0 Å². The van der Waals surface area contributed by atoms with Gasteiger partial charge in [-0.25, -0.2) is 9.37 Å². The van der Waals surface area contributed by atoms with E-state index in [1.165, 1.54) is 17.4 Å². The minimum Gasteiger partial charge on any atom is -0.397 e. The molecule has 1 saturated heterocycles. The quantitative estimate of drug-likeness (QED) is 0.444. The molecule has 7 nitrogen and oxygen atoms in total. The third-order valence-electron chi connectivity index (χ3n) is 6.31. The summed E-state index contributed by atoms with van der Waals surface area (Å²) in [6, 6.07) is 16.5. The largest absolute Gasteiger partial charge is 0.397 e. The van der Waals surface area contributed by atoms with Crippen molar-refractivity contribution in [1.29, 1.82) is 5.26 Å². The molecule has 0 atom stereocenters. The van der Waals surface area contributed by atoms with E-state index in [-0.39, 0.29) is 23.1 Å². The highest BCUT2D eigenvalue weighted by molar-refractivity contribution is 7.21. The number of carbonyl (C=O) groups excluding carboxylic acids is 1. The highest BCUT2D eigenvalue weighted by atomic mass is 32.1. The van der Waals surface area contributed by atoms with Crippen molar-refractivity contribution in [1.82, 2.24) is 9.88 Å². The summed E-state index contributed by atoms with van der Waals surface area (Å²) in [6.07, 6.45) is 0. The van der Waals surface area contributed by atoms with Crippen molar-refractivity contribution in [2.24, 2.45) is 0 Å². The minimum absolute atomic E-state index is 0.106. The zero-order valence-corrected chi connectivity index (χ0v) is 19.9. The maximum absolute atomic E-state index is 14.2. The number of fused-ring (bicyclic) bond motifs is 1. The van der Waals surface area contributed by atoms with Crippen LogP contribution in [-0.4, -0.2) is 42.0 Å². The van der Waals surface area contributed by atoms with E-state index in [9.17, 15) is 14.4 Å². The van der Waals surface area contributed by atoms with Crippen molar-refractivity contribution in [3.8, 4) is 17.2 Å². The number of hydrogen-bond acceptors (Lipinski definition) is 7. The average Bonchev–Trinajstić information content (AvgIpc) is 3.19. The van der Waals surface area contributed by atoms with Crippen molar-refractivity contribution in [3.63, 3.8) is 0 Å². The van der Waals surface area contributed by atoms with E-state index in [1.807, 2.05) is 36.1 Å². The fourth-order valence-corrected chi connectivity index (χ4v) is 5.53. The van der Waals surface area contributed by atoms with E-state index < -0.39 is 0 Å². The lowest BCUT2D eigenvalue weighted by atomic mass is 9.96. The first-order chi connectivity index (χ1) is 16.9. The summed E-state index contributed by atoms with van der Waals surface area (Å²) in [7, 11) is 0. The highest BCUT2D eigenvalue weighted by Gasteiger charge is 2.29. The van der Waals surface area contributed by atoms with Crippen LogP contribution in [0.4, 0.5) is 21.6 Å². The summed E-state index contributed by atoms with van der Waals surface area (Å²) in [4.78, 5) is 22.4. The summed E-state index contributed by atoms with van der Waals surface area (Å²) < 4.78 is 14.2. The Bertz CT molecular complexity index is 1480. The van der Waals surface area contributed by atoms with Crippen LogP contribution in [0.2, 0.25) is 0 Å². The molecule has 0 aliphatic carbocycles. The molecule has 1 aliphatic rings. The number of aryl methyl sites for hydroxylation is 1. The van der Waals surface area contributed by atoms with E-state index in [4.69, 9.17) is 11.5 Å². The van der Waals surface area contributed by atoms with E-state index in [1.54, 1.807) is 23.1 Å². The minimum atomic E-state index is -0.276. The van der Waals surface area contributed by atoms with Gasteiger partial charge >= 0.3 is 0 Å². The molecule has 0 bridgehead atoms. The van der Waals surface area contributed by atoms with Crippen molar-refractivity contribution in [3.05, 3.63) is 70.4 Å². The Hall–Kier alpha value is -4.16. The topological polar surface area (TPSA) is 112 Å². The Labute approximate surface area is 206 Å². The third kappa shape index (κ3) is 3.92. The maximum atomic E-state index is 14.2. The molecule has 0 saturated carbocycles. The molecule has 4 aromatic rings. The number of para-hydroxylation sites is 1. The van der Waals surface area contributed by atoms with Gasteiger partial charge < -0.3 is 21.3 Å². The second kappa shape index (κ2) is 8.89. The molecule has 0 unspecified atom stereocenters. The Morgan fingerprint density at radius 2 is 1.77 bits per heavy atom. The molecule has 2 aromatic heterocycles. The molecule has 1 fully saturated rings. The number of amides is 1. The van der Waals surface area contributed by atoms with Gasteiger partial charge in [0.1, 0.15) is 33.0 Å². The van der Waals surface area contributed by atoms with Gasteiger partial charge in [-0.2, -0.15) is 5.26 Å². The molecular weight excluding hydrogens is 463 g/mol. The molecule has 5 rings (SSSR count). The number of rotatable bonds is 3. The number of thiophene rings is 1. The first-order valence-corrected chi connectivity index (χ1v) is 12.0. The number of benzene rings is 2. The Kier molecular flexibility index (Phi) is 5.75. The van der Waals surface area contributed by atoms with Crippen molar-refractivity contribution in [2.75, 3.05) is 42.5 Å². The van der Waals surface area contributed by atoms with Gasteiger partial charge in [0, 0.05) is 37.1 Å². The Balaban J connectivity index is 1.50. The molecule has 3 heterocycles. The monoisotopic (exact) mass is 486 g/mol. The van der Waals surface area contributed by atoms with E-state index in [0.29, 0.717) is 58.2 Å². The van der Waals surface area contributed by atoms with Crippen LogP contribution in [-0.2, 0) is 0 Å². The third-order valence-corrected chi connectivity index (χ3v) is 7.40. The molecule has 1 amide bonds. The maximum Gasteiger partial charge on any atom is 0.266 e. The highest BCUT2D eigenvalue weighted by Crippen LogP contribution is 2.43. The number of halogens is 1. The SMILES string of the molecule is Cc1ccc(-c2c(C#N)c(N)nc3sc(C(=O)N4CCN(c5ccccc5F)CC4)c(N)c23)cc1. The van der Waals surface area contributed by atoms with Crippen LogP contribution in [0, 0.1) is 24.1 Å². The number of nitrogens with zero attached hydrogens (tertiary/aromatic N) is 4. The molecule has 1 aliphatic heterocycles. The van der Waals surface area contributed by atoms with E-state index >= 15 is 0 Å². The second-order valence-corrected chi connectivity index (χ2v) is 9.48. The molecule has 176 valence electrons. The van der Waals surface area contributed by atoms with Gasteiger partial charge in [0.15, 0.2) is 0 Å². The summed E-state index contributed by atoms with van der Waals surface area (Å²) in [6.45, 7) is 3.87. The first-order valence-electron chi connectivity index (χ1n) is 11.2. The van der Waals surface area contributed by atoms with Crippen LogP contribution >= 0.6 is 11.3 Å². The number of nitrogen functional groups attached to an aromatic ring is 2. The van der Waals surface area contributed by atoms with Crippen molar-refractivity contribution in [2.45, 2.75) is 6.92 Å². The van der Waals surface area contributed by atoms with Gasteiger partial charge in [-0.3, -0.25) is 4.79 Å². The van der Waals surface area contributed by atoms with Gasteiger partial charge in [-0.05, 0) is 24.6 Å². The number of aromatic nitrogens is 1. The summed E-state index contributed by atoms with van der Waals surface area (Å²) in [5.74, 6) is -0.374. The number of nitriles is 1. The summed E-state index contributed by atoms with van der Waals surface area (Å²) >= 11 is 1.18. The molecular formula is C26H23FN6OS. The van der Waals surface area contributed by atoms with Crippen molar-refractivity contribution < 1.29 is 9.18 Å². The van der Waals surface area contributed by atoms with Gasteiger partial charge in [0.05, 0.1) is 11.4 Å². The lowest BCUT2D eigenvalue weighted by Crippen LogP contribution is -2.49. The van der Waals surface area contributed by atoms with E-state index in [2.05, 4.69) is 11.1 Å². The molecule has 2 aromatic carbocycles. The number of anilines is 3. The second-order valence-electron chi connectivity index (χ2n) is 8.48. The van der Waals surface area contributed by atoms with E-state index in [0.717, 1.165) is 11.1 Å². The Morgan fingerprint density at radius 1 is 1.09 bits per heavy atom. The molecule has 4 N–H and O–H groups in total. The van der Waals surface area contributed by atoms with Crippen LogP contribution in [0.15, 0.2) is 48.5 Å². The lowest BCUT2D eigenvalue weighted by Gasteiger charge is -2.36. The van der Waals surface area contributed by atoms with Crippen molar-refractivity contribution >= 4 is 44.7 Å². The fraction of sp³-hybridized carbons (Fsp3) is 0.192.